The quantitative estimate of drug-likeness (QED) is 0.148. The summed E-state index contributed by atoms with van der Waals surface area (Å²) in [5.41, 5.74) is 0. The Labute approximate surface area is 297 Å². The van der Waals surface area contributed by atoms with Gasteiger partial charge in [0.15, 0.2) is 0 Å². The van der Waals surface area contributed by atoms with Crippen LogP contribution in [0.1, 0.15) is 0 Å². The zero-order valence-corrected chi connectivity index (χ0v) is 30.6. The Balaban J connectivity index is 0.000000735. The summed E-state index contributed by atoms with van der Waals surface area (Å²) in [4.78, 5) is 0. The van der Waals surface area contributed by atoms with Gasteiger partial charge in [0.05, 0.1) is 0 Å². The van der Waals surface area contributed by atoms with Gasteiger partial charge in [-0.2, -0.15) is 0 Å². The zero-order chi connectivity index (χ0) is 25.8. The third-order valence-corrected chi connectivity index (χ3v) is 11.0. The van der Waals surface area contributed by atoms with Crippen LogP contribution in [-0.2, 0) is 20.4 Å². The van der Waals surface area contributed by atoms with Gasteiger partial charge in [-0.05, 0) is 47.7 Å². The molecule has 7 heteroatoms. The van der Waals surface area contributed by atoms with Gasteiger partial charge < -0.3 is 49.6 Å². The standard InChI is InChI=1S/2C18H15P.4ClH.Re/c2*1-4-10-16(11-5-1)19(17-12-6-2-7-13-17)18-14-8-3-9-15-18;;;;;/h2*1-15H;4*1H;/q;;;;;;+4/p-4. The largest absolute Gasteiger partial charge is 4.00 e. The second-order valence-corrected chi connectivity index (χ2v) is 13.1. The van der Waals surface area contributed by atoms with Crippen LogP contribution in [0.4, 0.5) is 0 Å². The van der Waals surface area contributed by atoms with E-state index < -0.39 is 15.8 Å². The molecule has 0 aromatic heterocycles. The Hall–Kier alpha value is -2.00. The molecule has 0 aliphatic rings. The van der Waals surface area contributed by atoms with E-state index in [9.17, 15) is 0 Å². The Morgan fingerprint density at radius 2 is 0.326 bits per heavy atom. The van der Waals surface area contributed by atoms with Crippen molar-refractivity contribution in [3.8, 4) is 0 Å². The van der Waals surface area contributed by atoms with E-state index in [1.807, 2.05) is 0 Å². The molecule has 0 atom stereocenters. The molecule has 6 aromatic rings. The van der Waals surface area contributed by atoms with Crippen LogP contribution in [0, 0.1) is 0 Å². The maximum atomic E-state index is 2.23. The second-order valence-electron chi connectivity index (χ2n) is 8.68. The topological polar surface area (TPSA) is 0 Å². The number of hydrogen-bond donors (Lipinski definition) is 0. The monoisotopic (exact) mass is 851 g/mol. The molecule has 0 saturated heterocycles. The SMILES string of the molecule is [Cl-].[Cl-].[Cl-].[Cl-].[Re+4].c1ccc(P(c2ccccc2)c2ccccc2)cc1.c1ccc(P(c2ccccc2)c2ccccc2)cc1. The van der Waals surface area contributed by atoms with Gasteiger partial charge in [0.25, 0.3) is 0 Å². The minimum Gasteiger partial charge on any atom is -1.00 e. The first-order valence-corrected chi connectivity index (χ1v) is 15.5. The van der Waals surface area contributed by atoms with Crippen molar-refractivity contribution >= 4 is 47.7 Å². The molecule has 219 valence electrons. The Bertz CT molecular complexity index is 1190. The molecule has 0 aliphatic carbocycles. The summed E-state index contributed by atoms with van der Waals surface area (Å²) in [6.45, 7) is 0. The van der Waals surface area contributed by atoms with Crippen molar-refractivity contribution in [3.63, 3.8) is 0 Å². The number of benzene rings is 6. The van der Waals surface area contributed by atoms with Crippen LogP contribution in [0.25, 0.3) is 0 Å². The van der Waals surface area contributed by atoms with Crippen LogP contribution in [0.15, 0.2) is 182 Å². The van der Waals surface area contributed by atoms with Crippen LogP contribution in [-0.4, -0.2) is 0 Å². The number of rotatable bonds is 6. The van der Waals surface area contributed by atoms with Crippen molar-refractivity contribution in [2.45, 2.75) is 0 Å². The van der Waals surface area contributed by atoms with Gasteiger partial charge in [0.2, 0.25) is 0 Å². The normalized spacial score (nSPS) is 9.35. The minimum atomic E-state index is -0.446. The van der Waals surface area contributed by atoms with Gasteiger partial charge in [-0.3, -0.25) is 0 Å². The molecular formula is C36H30Cl4P2Re. The van der Waals surface area contributed by atoms with Gasteiger partial charge >= 0.3 is 20.4 Å². The maximum Gasteiger partial charge on any atom is 4.00 e. The Kier molecular flexibility index (Phi) is 21.5. The van der Waals surface area contributed by atoms with E-state index in [1.54, 1.807) is 0 Å². The molecule has 0 aliphatic heterocycles. The molecule has 0 nitrogen and oxygen atoms in total. The fourth-order valence-electron chi connectivity index (χ4n) is 4.36. The second kappa shape index (κ2) is 22.5. The average molecular weight is 853 g/mol. The fraction of sp³-hybridized carbons (Fsp3) is 0. The van der Waals surface area contributed by atoms with E-state index >= 15 is 0 Å². The summed E-state index contributed by atoms with van der Waals surface area (Å²) >= 11 is 0. The van der Waals surface area contributed by atoms with Crippen LogP contribution >= 0.6 is 15.8 Å². The molecule has 6 aromatic carbocycles. The molecule has 43 heavy (non-hydrogen) atoms. The Morgan fingerprint density at radius 3 is 0.442 bits per heavy atom. The zero-order valence-electron chi connectivity index (χ0n) is 23.1. The predicted octanol–water partition coefficient (Wildman–Crippen LogP) is -5.10. The summed E-state index contributed by atoms with van der Waals surface area (Å²) < 4.78 is 0. The molecule has 6 rings (SSSR count). The number of hydrogen-bond acceptors (Lipinski definition) is 0. The van der Waals surface area contributed by atoms with E-state index in [0.29, 0.717) is 0 Å². The first-order chi connectivity index (χ1) is 18.9. The van der Waals surface area contributed by atoms with Crippen molar-refractivity contribution in [2.24, 2.45) is 0 Å². The molecule has 0 amide bonds. The van der Waals surface area contributed by atoms with Crippen LogP contribution < -0.4 is 81.5 Å². The van der Waals surface area contributed by atoms with Crippen LogP contribution in [0.2, 0.25) is 0 Å². The third-order valence-electron chi connectivity index (χ3n) is 6.09. The molecule has 0 spiro atoms. The van der Waals surface area contributed by atoms with E-state index in [2.05, 4.69) is 182 Å². The first-order valence-electron chi connectivity index (χ1n) is 12.8. The summed E-state index contributed by atoms with van der Waals surface area (Å²) in [5.74, 6) is 0. The van der Waals surface area contributed by atoms with Crippen molar-refractivity contribution < 1.29 is 70.1 Å². The summed E-state index contributed by atoms with van der Waals surface area (Å²) in [5, 5.41) is 8.39. The molecule has 1 radical (unpaired) electrons. The predicted molar refractivity (Wildman–Crippen MR) is 170 cm³/mol. The van der Waals surface area contributed by atoms with E-state index in [4.69, 9.17) is 0 Å². The Morgan fingerprint density at radius 1 is 0.209 bits per heavy atom. The first kappa shape index (κ1) is 41.0. The summed E-state index contributed by atoms with van der Waals surface area (Å²) in [7, 11) is -0.892. The number of halogens is 4. The van der Waals surface area contributed by atoms with Crippen molar-refractivity contribution in [1.29, 1.82) is 0 Å². The molecule has 0 unspecified atom stereocenters. The van der Waals surface area contributed by atoms with Gasteiger partial charge in [-0.15, -0.1) is 0 Å². The molecule has 0 saturated carbocycles. The molecule has 0 bridgehead atoms. The smallest absolute Gasteiger partial charge is 1.00 e. The van der Waals surface area contributed by atoms with E-state index in [0.717, 1.165) is 0 Å². The van der Waals surface area contributed by atoms with Gasteiger partial charge in [-0.1, -0.05) is 182 Å². The van der Waals surface area contributed by atoms with Crippen molar-refractivity contribution in [1.82, 2.24) is 0 Å². The fourth-order valence-corrected chi connectivity index (χ4v) is 8.97. The van der Waals surface area contributed by atoms with E-state index in [1.165, 1.54) is 31.8 Å². The van der Waals surface area contributed by atoms with Crippen LogP contribution in [0.3, 0.4) is 0 Å². The molecule has 0 heterocycles. The van der Waals surface area contributed by atoms with Gasteiger partial charge in [0.1, 0.15) is 0 Å². The van der Waals surface area contributed by atoms with Crippen molar-refractivity contribution in [2.75, 3.05) is 0 Å². The maximum absolute atomic E-state index is 2.23. The molecule has 0 N–H and O–H groups in total. The van der Waals surface area contributed by atoms with Gasteiger partial charge in [0, 0.05) is 0 Å². The third kappa shape index (κ3) is 11.8. The average Bonchev–Trinajstić information content (AvgIpc) is 3.01. The van der Waals surface area contributed by atoms with E-state index in [-0.39, 0.29) is 70.1 Å². The van der Waals surface area contributed by atoms with Crippen LogP contribution in [0.5, 0.6) is 0 Å². The van der Waals surface area contributed by atoms with Gasteiger partial charge in [-0.25, -0.2) is 0 Å². The summed E-state index contributed by atoms with van der Waals surface area (Å²) in [6.07, 6.45) is 0. The minimum absolute atomic E-state index is 0. The summed E-state index contributed by atoms with van der Waals surface area (Å²) in [6, 6.07) is 64.7. The molecule has 0 fully saturated rings. The molecular weight excluding hydrogens is 822 g/mol. The van der Waals surface area contributed by atoms with Crippen molar-refractivity contribution in [3.05, 3.63) is 182 Å².